The van der Waals surface area contributed by atoms with E-state index in [0.29, 0.717) is 5.25 Å². The fraction of sp³-hybridized carbons (Fsp3) is 0.240. The molecule has 0 saturated carbocycles. The van der Waals surface area contributed by atoms with Crippen LogP contribution >= 0.6 is 11.8 Å². The third kappa shape index (κ3) is 4.17. The minimum atomic E-state index is 0.203. The second-order valence-electron chi connectivity index (χ2n) is 7.48. The first-order chi connectivity index (χ1) is 13.1. The number of benzene rings is 3. The zero-order chi connectivity index (χ0) is 18.8. The second kappa shape index (κ2) is 7.74. The topological polar surface area (TPSA) is 12.4 Å². The predicted molar refractivity (Wildman–Crippen MR) is 118 cm³/mol. The van der Waals surface area contributed by atoms with Gasteiger partial charge >= 0.3 is 0 Å². The molecule has 4 rings (SSSR count). The monoisotopic (exact) mass is 371 g/mol. The quantitative estimate of drug-likeness (QED) is 0.484. The van der Waals surface area contributed by atoms with Crippen LogP contribution in [0.1, 0.15) is 51.1 Å². The van der Waals surface area contributed by atoms with Crippen LogP contribution in [0.15, 0.2) is 77.8 Å². The van der Waals surface area contributed by atoms with Crippen molar-refractivity contribution in [3.05, 3.63) is 106 Å². The Morgan fingerprint density at radius 2 is 1.15 bits per heavy atom. The highest BCUT2D eigenvalue weighted by Gasteiger charge is 2.27. The van der Waals surface area contributed by atoms with E-state index in [2.05, 4.69) is 93.6 Å². The van der Waals surface area contributed by atoms with Gasteiger partial charge in [0.25, 0.3) is 0 Å². The molecule has 3 aromatic carbocycles. The van der Waals surface area contributed by atoms with Crippen molar-refractivity contribution in [1.82, 2.24) is 0 Å². The van der Waals surface area contributed by atoms with Crippen molar-refractivity contribution in [2.75, 3.05) is 0 Å². The summed E-state index contributed by atoms with van der Waals surface area (Å²) in [5, 5.41) is 1.57. The predicted octanol–water partition coefficient (Wildman–Crippen LogP) is 6.98. The van der Waals surface area contributed by atoms with Crippen molar-refractivity contribution < 1.29 is 0 Å². The maximum absolute atomic E-state index is 5.15. The number of hydrogen-bond donors (Lipinski definition) is 0. The molecule has 0 unspecified atom stereocenters. The lowest BCUT2D eigenvalue weighted by molar-refractivity contribution is 0.640. The van der Waals surface area contributed by atoms with Crippen LogP contribution in [0.5, 0.6) is 0 Å². The van der Waals surface area contributed by atoms with Crippen LogP contribution in [-0.4, -0.2) is 5.04 Å². The van der Waals surface area contributed by atoms with Gasteiger partial charge in [0, 0.05) is 10.8 Å². The molecule has 0 aromatic heterocycles. The highest BCUT2D eigenvalue weighted by Crippen LogP contribution is 2.45. The molecular weight excluding hydrogens is 346 g/mol. The van der Waals surface area contributed by atoms with Crippen LogP contribution in [0.25, 0.3) is 0 Å². The van der Waals surface area contributed by atoms with Crippen molar-refractivity contribution in [2.45, 2.75) is 38.5 Å². The van der Waals surface area contributed by atoms with E-state index in [1.807, 2.05) is 11.8 Å². The largest absolute Gasteiger partial charge is 0.270 e. The molecule has 0 spiro atoms. The summed E-state index contributed by atoms with van der Waals surface area (Å²) in [6.07, 6.45) is 1.03. The summed E-state index contributed by atoms with van der Waals surface area (Å²) in [6.45, 7) is 6.41. The standard InChI is InChI=1S/C25H25NS/c1-17-4-10-20(11-5-17)23-16-24(21-12-6-18(2)7-13-21)27-25(26-23)22-14-8-19(3)9-15-22/h4-15,23-24H,16H2,1-3H3/t23-,24+/m1/s1. The number of nitrogens with zero attached hydrogens (tertiary/aromatic N) is 1. The van der Waals surface area contributed by atoms with Crippen LogP contribution in [0.4, 0.5) is 0 Å². The Labute approximate surface area is 166 Å². The molecule has 3 aromatic rings. The smallest absolute Gasteiger partial charge is 0.0990 e. The summed E-state index contributed by atoms with van der Waals surface area (Å²) in [5.41, 5.74) is 7.80. The summed E-state index contributed by atoms with van der Waals surface area (Å²) in [6, 6.07) is 26.8. The van der Waals surface area contributed by atoms with E-state index in [-0.39, 0.29) is 6.04 Å². The van der Waals surface area contributed by atoms with Crippen molar-refractivity contribution in [3.8, 4) is 0 Å². The normalized spacial score (nSPS) is 19.6. The van der Waals surface area contributed by atoms with Gasteiger partial charge in [-0.3, -0.25) is 4.99 Å². The van der Waals surface area contributed by atoms with Gasteiger partial charge in [-0.1, -0.05) is 101 Å². The zero-order valence-corrected chi connectivity index (χ0v) is 17.0. The lowest BCUT2D eigenvalue weighted by Crippen LogP contribution is -2.14. The third-order valence-corrected chi connectivity index (χ3v) is 6.49. The van der Waals surface area contributed by atoms with Gasteiger partial charge in [-0.25, -0.2) is 0 Å². The van der Waals surface area contributed by atoms with Crippen molar-refractivity contribution in [3.63, 3.8) is 0 Å². The third-order valence-electron chi connectivity index (χ3n) is 5.17. The molecule has 0 bridgehead atoms. The van der Waals surface area contributed by atoms with Crippen LogP contribution < -0.4 is 0 Å². The highest BCUT2D eigenvalue weighted by atomic mass is 32.2. The van der Waals surface area contributed by atoms with Gasteiger partial charge < -0.3 is 0 Å². The molecule has 0 amide bonds. The summed E-state index contributed by atoms with van der Waals surface area (Å²) in [5.74, 6) is 0. The zero-order valence-electron chi connectivity index (χ0n) is 16.1. The van der Waals surface area contributed by atoms with Gasteiger partial charge in [0.1, 0.15) is 0 Å². The Morgan fingerprint density at radius 1 is 0.667 bits per heavy atom. The SMILES string of the molecule is Cc1ccc(C2=N[C@@H](c3ccc(C)cc3)C[C@@H](c3ccc(C)cc3)S2)cc1. The van der Waals surface area contributed by atoms with Crippen LogP contribution in [-0.2, 0) is 0 Å². The first kappa shape index (κ1) is 18.1. The second-order valence-corrected chi connectivity index (χ2v) is 8.67. The first-order valence-electron chi connectivity index (χ1n) is 9.53. The van der Waals surface area contributed by atoms with Gasteiger partial charge in [0.2, 0.25) is 0 Å². The van der Waals surface area contributed by atoms with Crippen molar-refractivity contribution in [1.29, 1.82) is 0 Å². The highest BCUT2D eigenvalue weighted by molar-refractivity contribution is 8.14. The maximum atomic E-state index is 5.15. The van der Waals surface area contributed by atoms with E-state index in [4.69, 9.17) is 4.99 Å². The molecule has 2 atom stereocenters. The summed E-state index contributed by atoms with van der Waals surface area (Å²) in [7, 11) is 0. The van der Waals surface area contributed by atoms with Gasteiger partial charge in [0.15, 0.2) is 0 Å². The van der Waals surface area contributed by atoms with Crippen molar-refractivity contribution >= 4 is 16.8 Å². The average molecular weight is 372 g/mol. The molecule has 0 fully saturated rings. The number of hydrogen-bond acceptors (Lipinski definition) is 2. The Morgan fingerprint density at radius 3 is 1.70 bits per heavy atom. The molecular formula is C25H25NS. The number of rotatable bonds is 3. The minimum Gasteiger partial charge on any atom is -0.270 e. The molecule has 1 aliphatic rings. The minimum absolute atomic E-state index is 0.203. The summed E-state index contributed by atoms with van der Waals surface area (Å²) in [4.78, 5) is 5.15. The van der Waals surface area contributed by atoms with E-state index in [1.165, 1.54) is 33.4 Å². The van der Waals surface area contributed by atoms with Gasteiger partial charge in [-0.2, -0.15) is 0 Å². The molecule has 0 saturated heterocycles. The molecule has 1 heterocycles. The first-order valence-corrected chi connectivity index (χ1v) is 10.4. The maximum Gasteiger partial charge on any atom is 0.0990 e. The number of aryl methyl sites for hydroxylation is 3. The molecule has 0 N–H and O–H groups in total. The van der Waals surface area contributed by atoms with Gasteiger partial charge in [-0.05, 0) is 38.3 Å². The van der Waals surface area contributed by atoms with E-state index >= 15 is 0 Å². The Kier molecular flexibility index (Phi) is 5.18. The lowest BCUT2D eigenvalue weighted by Gasteiger charge is -2.28. The Hall–Kier alpha value is -2.32. The van der Waals surface area contributed by atoms with E-state index in [0.717, 1.165) is 11.5 Å². The van der Waals surface area contributed by atoms with E-state index in [1.54, 1.807) is 0 Å². The number of aliphatic imine (C=N–C) groups is 1. The molecule has 2 heteroatoms. The van der Waals surface area contributed by atoms with E-state index in [9.17, 15) is 0 Å². The van der Waals surface area contributed by atoms with Crippen LogP contribution in [0.2, 0.25) is 0 Å². The summed E-state index contributed by atoms with van der Waals surface area (Å²) < 4.78 is 0. The number of thioether (sulfide) groups is 1. The molecule has 27 heavy (non-hydrogen) atoms. The van der Waals surface area contributed by atoms with Crippen LogP contribution in [0, 0.1) is 20.8 Å². The fourth-order valence-electron chi connectivity index (χ4n) is 3.43. The molecule has 1 nitrogen and oxygen atoms in total. The lowest BCUT2D eigenvalue weighted by atomic mass is 9.97. The molecule has 0 aliphatic carbocycles. The Bertz CT molecular complexity index is 937. The fourth-order valence-corrected chi connectivity index (χ4v) is 4.73. The van der Waals surface area contributed by atoms with Crippen molar-refractivity contribution in [2.24, 2.45) is 4.99 Å². The van der Waals surface area contributed by atoms with Gasteiger partial charge in [-0.15, -0.1) is 0 Å². The molecule has 1 aliphatic heterocycles. The average Bonchev–Trinajstić information content (AvgIpc) is 2.69. The Balaban J connectivity index is 1.72. The summed E-state index contributed by atoms with van der Waals surface area (Å²) >= 11 is 1.90. The molecule has 136 valence electrons. The van der Waals surface area contributed by atoms with Gasteiger partial charge in [0.05, 0.1) is 11.1 Å². The molecule has 0 radical (unpaired) electrons. The van der Waals surface area contributed by atoms with E-state index < -0.39 is 0 Å². The van der Waals surface area contributed by atoms with Crippen LogP contribution in [0.3, 0.4) is 0 Å².